The number of aliphatic hydroxyl groups is 1. The summed E-state index contributed by atoms with van der Waals surface area (Å²) in [6.45, 7) is 9.87. The minimum Gasteiger partial charge on any atom is -0.403 e. The van der Waals surface area contributed by atoms with Crippen LogP contribution in [0.25, 0.3) is 0 Å². The van der Waals surface area contributed by atoms with Gasteiger partial charge in [-0.2, -0.15) is 0 Å². The van der Waals surface area contributed by atoms with Gasteiger partial charge in [0.05, 0.1) is 6.61 Å². The number of primary amides is 1. The first-order chi connectivity index (χ1) is 6.12. The van der Waals surface area contributed by atoms with Crippen LogP contribution >= 0.6 is 0 Å². The number of carbonyl (C=O) groups is 1. The molecule has 0 spiro atoms. The summed E-state index contributed by atoms with van der Waals surface area (Å²) in [5, 5.41) is 8.93. The van der Waals surface area contributed by atoms with E-state index >= 15 is 0 Å². The lowest BCUT2D eigenvalue weighted by atomic mass is 10.2. The minimum atomic E-state index is -2.01. The molecule has 14 heavy (non-hydrogen) atoms. The van der Waals surface area contributed by atoms with Crippen molar-refractivity contribution in [2.75, 3.05) is 6.61 Å². The number of aliphatic hydroxyl groups excluding tert-OH is 1. The maximum atomic E-state index is 10.9. The summed E-state index contributed by atoms with van der Waals surface area (Å²) < 4.78 is 5.63. The second-order valence-corrected chi connectivity index (χ2v) is 9.71. The molecular formula is C9H21NO3Si. The standard InChI is InChI=1S/C9H21NO3Si/c1-9(2,3)14(4,5)13-7(6-11)8(10)12/h7,11H,6H2,1-5H3,(H2,10,12)/t7-/m0/s1. The van der Waals surface area contributed by atoms with Gasteiger partial charge in [-0.05, 0) is 18.1 Å². The molecule has 0 saturated heterocycles. The van der Waals surface area contributed by atoms with Crippen LogP contribution in [0.15, 0.2) is 0 Å². The molecule has 0 saturated carbocycles. The SMILES string of the molecule is CC(C)(C)[Si](C)(C)O[C@@H](CO)C(N)=O. The molecule has 4 nitrogen and oxygen atoms in total. The van der Waals surface area contributed by atoms with Gasteiger partial charge in [0.15, 0.2) is 8.32 Å². The van der Waals surface area contributed by atoms with Crippen LogP contribution in [0.5, 0.6) is 0 Å². The Morgan fingerprint density at radius 2 is 1.93 bits per heavy atom. The Balaban J connectivity index is 4.56. The molecular weight excluding hydrogens is 198 g/mol. The van der Waals surface area contributed by atoms with Gasteiger partial charge in [-0.15, -0.1) is 0 Å². The first-order valence-corrected chi connectivity index (χ1v) is 7.60. The molecule has 0 heterocycles. The Kier molecular flexibility index (Phi) is 4.29. The Hall–Kier alpha value is -0.393. The third-order valence-electron chi connectivity index (χ3n) is 2.73. The molecule has 0 bridgehead atoms. The van der Waals surface area contributed by atoms with Crippen LogP contribution in [0.4, 0.5) is 0 Å². The molecule has 0 aliphatic carbocycles. The van der Waals surface area contributed by atoms with E-state index in [4.69, 9.17) is 15.3 Å². The van der Waals surface area contributed by atoms with Crippen LogP contribution < -0.4 is 5.73 Å². The first kappa shape index (κ1) is 13.6. The third-order valence-corrected chi connectivity index (χ3v) is 7.21. The molecule has 5 heteroatoms. The van der Waals surface area contributed by atoms with Gasteiger partial charge in [0.25, 0.3) is 0 Å². The van der Waals surface area contributed by atoms with Crippen LogP contribution in [0.2, 0.25) is 18.1 Å². The summed E-state index contributed by atoms with van der Waals surface area (Å²) in [5.41, 5.74) is 5.10. The molecule has 84 valence electrons. The summed E-state index contributed by atoms with van der Waals surface area (Å²) in [7, 11) is -2.01. The number of rotatable bonds is 4. The van der Waals surface area contributed by atoms with Gasteiger partial charge in [0.1, 0.15) is 6.10 Å². The molecule has 0 unspecified atom stereocenters. The molecule has 0 aromatic rings. The van der Waals surface area contributed by atoms with E-state index in [1.165, 1.54) is 0 Å². The van der Waals surface area contributed by atoms with E-state index in [9.17, 15) is 4.79 Å². The summed E-state index contributed by atoms with van der Waals surface area (Å²) >= 11 is 0. The van der Waals surface area contributed by atoms with Crippen molar-refractivity contribution in [3.8, 4) is 0 Å². The summed E-state index contributed by atoms with van der Waals surface area (Å²) in [6.07, 6.45) is -0.865. The van der Waals surface area contributed by atoms with Gasteiger partial charge in [-0.25, -0.2) is 0 Å². The van der Waals surface area contributed by atoms with Crippen molar-refractivity contribution in [3.05, 3.63) is 0 Å². The molecule has 0 aromatic carbocycles. The van der Waals surface area contributed by atoms with Gasteiger partial charge >= 0.3 is 0 Å². The van der Waals surface area contributed by atoms with E-state index in [1.54, 1.807) is 0 Å². The second-order valence-electron chi connectivity index (χ2n) is 4.95. The largest absolute Gasteiger partial charge is 0.403 e. The second kappa shape index (κ2) is 4.42. The van der Waals surface area contributed by atoms with Gasteiger partial charge in [0.2, 0.25) is 5.91 Å². The first-order valence-electron chi connectivity index (χ1n) is 4.70. The van der Waals surface area contributed by atoms with Gasteiger partial charge < -0.3 is 15.3 Å². The van der Waals surface area contributed by atoms with Crippen molar-refractivity contribution in [3.63, 3.8) is 0 Å². The third kappa shape index (κ3) is 3.40. The van der Waals surface area contributed by atoms with E-state index in [2.05, 4.69) is 20.8 Å². The van der Waals surface area contributed by atoms with Crippen molar-refractivity contribution >= 4 is 14.2 Å². The fourth-order valence-corrected chi connectivity index (χ4v) is 1.97. The van der Waals surface area contributed by atoms with Crippen LogP contribution in [0, 0.1) is 0 Å². The highest BCUT2D eigenvalue weighted by Gasteiger charge is 2.40. The quantitative estimate of drug-likeness (QED) is 0.689. The van der Waals surface area contributed by atoms with Gasteiger partial charge in [-0.3, -0.25) is 4.79 Å². The van der Waals surface area contributed by atoms with Crippen molar-refractivity contribution in [1.29, 1.82) is 0 Å². The molecule has 1 atom stereocenters. The van der Waals surface area contributed by atoms with Gasteiger partial charge in [0, 0.05) is 0 Å². The summed E-state index contributed by atoms with van der Waals surface area (Å²) in [5.74, 6) is -0.600. The zero-order valence-electron chi connectivity index (χ0n) is 9.63. The Bertz CT molecular complexity index is 211. The predicted molar refractivity (Wildman–Crippen MR) is 58.4 cm³/mol. The fourth-order valence-electron chi connectivity index (χ4n) is 0.718. The van der Waals surface area contributed by atoms with E-state index in [0.717, 1.165) is 0 Å². The lowest BCUT2D eigenvalue weighted by Crippen LogP contribution is -2.48. The molecule has 0 radical (unpaired) electrons. The Morgan fingerprint density at radius 1 is 1.50 bits per heavy atom. The van der Waals surface area contributed by atoms with E-state index in [0.29, 0.717) is 0 Å². The number of hydrogen-bond acceptors (Lipinski definition) is 3. The molecule has 1 amide bonds. The van der Waals surface area contributed by atoms with Crippen LogP contribution in [-0.4, -0.2) is 32.0 Å². The number of nitrogens with two attached hydrogens (primary N) is 1. The Morgan fingerprint density at radius 3 is 2.14 bits per heavy atom. The number of carbonyl (C=O) groups excluding carboxylic acids is 1. The lowest BCUT2D eigenvalue weighted by molar-refractivity contribution is -0.126. The molecule has 0 aliphatic heterocycles. The van der Waals surface area contributed by atoms with E-state index in [1.807, 2.05) is 13.1 Å². The zero-order valence-corrected chi connectivity index (χ0v) is 10.6. The zero-order chi connectivity index (χ0) is 11.6. The summed E-state index contributed by atoms with van der Waals surface area (Å²) in [4.78, 5) is 10.9. The van der Waals surface area contributed by atoms with E-state index < -0.39 is 20.3 Å². The average Bonchev–Trinajstić information content (AvgIpc) is 1.97. The maximum absolute atomic E-state index is 10.9. The van der Waals surface area contributed by atoms with Crippen LogP contribution in [0.1, 0.15) is 20.8 Å². The van der Waals surface area contributed by atoms with Crippen molar-refractivity contribution in [2.24, 2.45) is 5.73 Å². The molecule has 0 aliphatic rings. The number of amides is 1. The highest BCUT2D eigenvalue weighted by atomic mass is 28.4. The highest BCUT2D eigenvalue weighted by molar-refractivity contribution is 6.74. The van der Waals surface area contributed by atoms with Crippen molar-refractivity contribution in [2.45, 2.75) is 45.0 Å². The highest BCUT2D eigenvalue weighted by Crippen LogP contribution is 2.37. The van der Waals surface area contributed by atoms with Gasteiger partial charge in [-0.1, -0.05) is 20.8 Å². The molecule has 3 N–H and O–H groups in total. The summed E-state index contributed by atoms with van der Waals surface area (Å²) in [6, 6.07) is 0. The van der Waals surface area contributed by atoms with Crippen molar-refractivity contribution < 1.29 is 14.3 Å². The normalized spacial score (nSPS) is 15.3. The monoisotopic (exact) mass is 219 g/mol. The van der Waals surface area contributed by atoms with Crippen LogP contribution in [0.3, 0.4) is 0 Å². The minimum absolute atomic E-state index is 0.00979. The smallest absolute Gasteiger partial charge is 0.247 e. The topological polar surface area (TPSA) is 72.6 Å². The lowest BCUT2D eigenvalue weighted by Gasteiger charge is -2.38. The maximum Gasteiger partial charge on any atom is 0.247 e. The van der Waals surface area contributed by atoms with Crippen molar-refractivity contribution in [1.82, 2.24) is 0 Å². The fraction of sp³-hybridized carbons (Fsp3) is 0.889. The Labute approximate surface area is 86.6 Å². The van der Waals surface area contributed by atoms with E-state index in [-0.39, 0.29) is 11.6 Å². The molecule has 0 aromatic heterocycles. The average molecular weight is 219 g/mol. The van der Waals surface area contributed by atoms with Crippen LogP contribution in [-0.2, 0) is 9.22 Å². The molecule has 0 fully saturated rings. The predicted octanol–water partition coefficient (Wildman–Crippen LogP) is 0.854. The number of hydrogen-bond donors (Lipinski definition) is 2. The molecule has 0 rings (SSSR count).